The number of hydrogen-bond acceptors (Lipinski definition) is 3. The van der Waals surface area contributed by atoms with Crippen LogP contribution in [0.15, 0.2) is 18.5 Å². The Bertz CT molecular complexity index is 222. The van der Waals surface area contributed by atoms with Crippen LogP contribution in [0.4, 0.5) is 0 Å². The summed E-state index contributed by atoms with van der Waals surface area (Å²) in [7, 11) is 0. The number of hydrogen-bond donors (Lipinski definition) is 1. The van der Waals surface area contributed by atoms with Gasteiger partial charge in [0.1, 0.15) is 5.75 Å². The number of carbonyl (C=O) groups excluding carboxylic acids is 1. The summed E-state index contributed by atoms with van der Waals surface area (Å²) in [6.45, 7) is 0. The maximum absolute atomic E-state index is 9.90. The van der Waals surface area contributed by atoms with E-state index in [1.807, 2.05) is 0 Å². The summed E-state index contributed by atoms with van der Waals surface area (Å²) in [6, 6.07) is 1.33. The van der Waals surface area contributed by atoms with Crippen molar-refractivity contribution in [3.8, 4) is 5.75 Å². The van der Waals surface area contributed by atoms with E-state index in [0.29, 0.717) is 0 Å². The van der Waals surface area contributed by atoms with Crippen LogP contribution in [0.3, 0.4) is 0 Å². The van der Waals surface area contributed by atoms with Gasteiger partial charge in [-0.25, -0.2) is 0 Å². The molecule has 0 atom stereocenters. The van der Waals surface area contributed by atoms with E-state index in [4.69, 9.17) is 5.11 Å². The van der Waals surface area contributed by atoms with E-state index in [1.165, 1.54) is 24.7 Å². The molecule has 45 valence electrons. The van der Waals surface area contributed by atoms with Crippen LogP contribution in [0.2, 0.25) is 0 Å². The lowest BCUT2D eigenvalue weighted by atomic mass is 10.3. The van der Waals surface area contributed by atoms with Crippen molar-refractivity contribution >= 4 is 6.29 Å². The number of rotatable bonds is 1. The molecule has 1 radical (unpaired) electrons. The van der Waals surface area contributed by atoms with Crippen molar-refractivity contribution in [3.05, 3.63) is 24.0 Å². The predicted molar refractivity (Wildman–Crippen MR) is 30.7 cm³/mol. The van der Waals surface area contributed by atoms with Gasteiger partial charge < -0.3 is 5.11 Å². The fraction of sp³-hybridized carbons (Fsp3) is 0. The van der Waals surface area contributed by atoms with Crippen molar-refractivity contribution in [1.29, 1.82) is 0 Å². The summed E-state index contributed by atoms with van der Waals surface area (Å²) in [5.41, 5.74) is 0.0949. The number of nitrogens with zero attached hydrogens (tertiary/aromatic N) is 1. The highest BCUT2D eigenvalue weighted by atomic mass is 16.3. The molecule has 0 aliphatic carbocycles. The number of pyridine rings is 1. The zero-order valence-corrected chi connectivity index (χ0v) is 4.53. The van der Waals surface area contributed by atoms with Crippen LogP contribution in [0.1, 0.15) is 5.56 Å². The second-order valence-electron chi connectivity index (χ2n) is 1.49. The first-order valence-electron chi connectivity index (χ1n) is 2.35. The van der Waals surface area contributed by atoms with Gasteiger partial charge in [-0.2, -0.15) is 0 Å². The Balaban J connectivity index is 3.15. The Morgan fingerprint density at radius 3 is 2.89 bits per heavy atom. The Labute approximate surface area is 52.0 Å². The minimum Gasteiger partial charge on any atom is -0.507 e. The lowest BCUT2D eigenvalue weighted by molar-refractivity contribution is 0.471. The molecule has 1 rings (SSSR count). The van der Waals surface area contributed by atoms with E-state index in [2.05, 4.69) is 4.98 Å². The third-order valence-corrected chi connectivity index (χ3v) is 0.908. The summed E-state index contributed by atoms with van der Waals surface area (Å²) in [5, 5.41) is 8.81. The molecule has 3 heteroatoms. The standard InChI is InChI=1S/C6H4NO2/c8-4-5-3-7-2-1-6(5)9/h1-3H,(H,7,9). The molecule has 0 fully saturated rings. The molecule has 0 saturated carbocycles. The van der Waals surface area contributed by atoms with Gasteiger partial charge in [-0.1, -0.05) is 0 Å². The van der Waals surface area contributed by atoms with Crippen molar-refractivity contribution in [3.63, 3.8) is 0 Å². The van der Waals surface area contributed by atoms with Crippen LogP contribution in [-0.2, 0) is 4.79 Å². The van der Waals surface area contributed by atoms with E-state index in [-0.39, 0.29) is 11.3 Å². The maximum atomic E-state index is 9.90. The van der Waals surface area contributed by atoms with E-state index in [0.717, 1.165) is 0 Å². The normalized spacial score (nSPS) is 8.89. The molecule has 0 saturated heterocycles. The van der Waals surface area contributed by atoms with Crippen LogP contribution in [0, 0.1) is 0 Å². The third kappa shape index (κ3) is 1.05. The van der Waals surface area contributed by atoms with Crippen molar-refractivity contribution in [2.75, 3.05) is 0 Å². The SMILES string of the molecule is O=[C]c1cnccc1O. The van der Waals surface area contributed by atoms with E-state index >= 15 is 0 Å². The smallest absolute Gasteiger partial charge is 0.239 e. The van der Waals surface area contributed by atoms with E-state index in [9.17, 15) is 4.79 Å². The van der Waals surface area contributed by atoms with E-state index < -0.39 is 0 Å². The molecule has 0 aliphatic heterocycles. The van der Waals surface area contributed by atoms with Crippen LogP contribution >= 0.6 is 0 Å². The molecule has 0 amide bonds. The molecule has 1 aromatic heterocycles. The molecular weight excluding hydrogens is 118 g/mol. The van der Waals surface area contributed by atoms with Gasteiger partial charge in [0, 0.05) is 12.4 Å². The van der Waals surface area contributed by atoms with Gasteiger partial charge in [-0.3, -0.25) is 9.78 Å². The Kier molecular flexibility index (Phi) is 1.44. The lowest BCUT2D eigenvalue weighted by Gasteiger charge is -1.89. The van der Waals surface area contributed by atoms with Crippen molar-refractivity contribution in [2.45, 2.75) is 0 Å². The molecule has 0 aromatic carbocycles. The van der Waals surface area contributed by atoms with Crippen molar-refractivity contribution in [2.24, 2.45) is 0 Å². The van der Waals surface area contributed by atoms with Crippen LogP contribution in [0.25, 0.3) is 0 Å². The fourth-order valence-corrected chi connectivity index (χ4v) is 0.466. The fourth-order valence-electron chi connectivity index (χ4n) is 0.466. The summed E-state index contributed by atoms with van der Waals surface area (Å²) in [4.78, 5) is 13.5. The van der Waals surface area contributed by atoms with Crippen molar-refractivity contribution in [1.82, 2.24) is 4.98 Å². The maximum Gasteiger partial charge on any atom is 0.239 e. The second-order valence-corrected chi connectivity index (χ2v) is 1.49. The quantitative estimate of drug-likeness (QED) is 0.580. The predicted octanol–water partition coefficient (Wildman–Crippen LogP) is 0.245. The minimum absolute atomic E-state index is 0.0833. The highest BCUT2D eigenvalue weighted by molar-refractivity contribution is 5.78. The second kappa shape index (κ2) is 2.26. The van der Waals surface area contributed by atoms with Gasteiger partial charge in [0.25, 0.3) is 0 Å². The molecular formula is C6H4NO2. The van der Waals surface area contributed by atoms with Gasteiger partial charge in [0.2, 0.25) is 6.29 Å². The summed E-state index contributed by atoms with van der Waals surface area (Å²) < 4.78 is 0. The number of aromatic hydroxyl groups is 1. The van der Waals surface area contributed by atoms with E-state index in [1.54, 1.807) is 0 Å². The molecule has 3 nitrogen and oxygen atoms in total. The summed E-state index contributed by atoms with van der Waals surface area (Å²) >= 11 is 0. The third-order valence-electron chi connectivity index (χ3n) is 0.908. The average Bonchev–Trinajstić information content (AvgIpc) is 1.89. The summed E-state index contributed by atoms with van der Waals surface area (Å²) in [6.07, 6.45) is 4.18. The topological polar surface area (TPSA) is 50.2 Å². The molecule has 9 heavy (non-hydrogen) atoms. The zero-order valence-electron chi connectivity index (χ0n) is 4.53. The first kappa shape index (κ1) is 5.75. The van der Waals surface area contributed by atoms with Gasteiger partial charge in [-0.15, -0.1) is 0 Å². The minimum atomic E-state index is -0.0833. The molecule has 1 heterocycles. The molecule has 0 spiro atoms. The van der Waals surface area contributed by atoms with Gasteiger partial charge in [0.05, 0.1) is 5.56 Å². The molecule has 1 aromatic rings. The Morgan fingerprint density at radius 2 is 2.44 bits per heavy atom. The van der Waals surface area contributed by atoms with Crippen LogP contribution < -0.4 is 0 Å². The van der Waals surface area contributed by atoms with Crippen LogP contribution in [-0.4, -0.2) is 16.4 Å². The highest BCUT2D eigenvalue weighted by Gasteiger charge is 1.95. The molecule has 1 N–H and O–H groups in total. The summed E-state index contributed by atoms with van der Waals surface area (Å²) in [5.74, 6) is -0.0833. The molecule has 0 unspecified atom stereocenters. The molecule has 0 bridgehead atoms. The van der Waals surface area contributed by atoms with Gasteiger partial charge >= 0.3 is 0 Å². The lowest BCUT2D eigenvalue weighted by Crippen LogP contribution is -1.81. The molecule has 0 aliphatic rings. The largest absolute Gasteiger partial charge is 0.507 e. The van der Waals surface area contributed by atoms with Crippen molar-refractivity contribution < 1.29 is 9.90 Å². The number of aromatic nitrogens is 1. The highest BCUT2D eigenvalue weighted by Crippen LogP contribution is 2.09. The first-order chi connectivity index (χ1) is 4.34. The Hall–Kier alpha value is -1.38. The van der Waals surface area contributed by atoms with Gasteiger partial charge in [-0.05, 0) is 6.07 Å². The van der Waals surface area contributed by atoms with Crippen LogP contribution in [0.5, 0.6) is 5.75 Å². The first-order valence-corrected chi connectivity index (χ1v) is 2.35. The monoisotopic (exact) mass is 122 g/mol. The Morgan fingerprint density at radius 1 is 1.67 bits per heavy atom. The zero-order chi connectivity index (χ0) is 6.69. The average molecular weight is 122 g/mol. The van der Waals surface area contributed by atoms with Gasteiger partial charge in [0.15, 0.2) is 0 Å².